The number of Topliss-reactive ketones (excluding diaryl/α,β-unsaturated/α-hetero) is 1. The van der Waals surface area contributed by atoms with Gasteiger partial charge in [-0.15, -0.1) is 0 Å². The molecule has 1 unspecified atom stereocenters. The fourth-order valence-corrected chi connectivity index (χ4v) is 3.95. The molecule has 7 nitrogen and oxygen atoms in total. The number of nitrogens with zero attached hydrogens (tertiary/aromatic N) is 1. The van der Waals surface area contributed by atoms with E-state index in [-0.39, 0.29) is 36.3 Å². The molecule has 0 bridgehead atoms. The average molecular weight is 440 g/mol. The second-order valence-electron chi connectivity index (χ2n) is 8.14. The zero-order chi connectivity index (χ0) is 23.6. The molecule has 2 aromatic rings. The normalized spacial score (nSPS) is 17.9. The van der Waals surface area contributed by atoms with Crippen LogP contribution in [-0.2, 0) is 14.3 Å². The summed E-state index contributed by atoms with van der Waals surface area (Å²) in [5.41, 5.74) is 2.45. The molecule has 1 atom stereocenters. The molecule has 1 aliphatic heterocycles. The summed E-state index contributed by atoms with van der Waals surface area (Å²) >= 11 is 0. The monoisotopic (exact) mass is 439 g/mol. The van der Waals surface area contributed by atoms with Crippen molar-refractivity contribution >= 4 is 17.4 Å². The van der Waals surface area contributed by atoms with Gasteiger partial charge >= 0.3 is 0 Å². The molecule has 1 aliphatic rings. The van der Waals surface area contributed by atoms with Gasteiger partial charge in [0.1, 0.15) is 17.3 Å². The van der Waals surface area contributed by atoms with Crippen LogP contribution in [0.1, 0.15) is 42.1 Å². The first-order chi connectivity index (χ1) is 15.1. The number of hydrogen-bond donors (Lipinski definition) is 2. The van der Waals surface area contributed by atoms with Gasteiger partial charge in [-0.05, 0) is 68.7 Å². The van der Waals surface area contributed by atoms with E-state index in [4.69, 9.17) is 9.47 Å². The van der Waals surface area contributed by atoms with Crippen LogP contribution >= 0.6 is 0 Å². The third-order valence-corrected chi connectivity index (χ3v) is 5.51. The Hall–Kier alpha value is -3.32. The zero-order valence-corrected chi connectivity index (χ0v) is 19.0. The van der Waals surface area contributed by atoms with Crippen molar-refractivity contribution in [3.05, 3.63) is 64.2 Å². The number of ketones is 1. The number of ether oxygens (including phenoxy) is 2. The van der Waals surface area contributed by atoms with Gasteiger partial charge in [-0.25, -0.2) is 0 Å². The number of aliphatic hydroxyl groups is 1. The molecule has 0 aliphatic carbocycles. The molecule has 0 spiro atoms. The van der Waals surface area contributed by atoms with Gasteiger partial charge in [0.25, 0.3) is 11.7 Å². The number of aromatic hydroxyl groups is 1. The maximum absolute atomic E-state index is 13.1. The average Bonchev–Trinajstić information content (AvgIpc) is 2.99. The van der Waals surface area contributed by atoms with Crippen LogP contribution in [0, 0.1) is 13.8 Å². The van der Waals surface area contributed by atoms with E-state index in [1.54, 1.807) is 38.3 Å². The van der Waals surface area contributed by atoms with Gasteiger partial charge in [-0.3, -0.25) is 9.59 Å². The molecular weight excluding hydrogens is 410 g/mol. The van der Waals surface area contributed by atoms with Crippen molar-refractivity contribution in [2.75, 3.05) is 20.3 Å². The molecule has 1 heterocycles. The smallest absolute Gasteiger partial charge is 0.295 e. The number of benzene rings is 2. The summed E-state index contributed by atoms with van der Waals surface area (Å²) in [6.45, 7) is 7.81. The highest BCUT2D eigenvalue weighted by Crippen LogP contribution is 2.41. The number of carbonyl (C=O) groups excluding carboxylic acids is 2. The maximum atomic E-state index is 13.1. The molecular formula is C25H29NO6. The highest BCUT2D eigenvalue weighted by Gasteiger charge is 2.46. The van der Waals surface area contributed by atoms with Crippen molar-refractivity contribution < 1.29 is 29.3 Å². The van der Waals surface area contributed by atoms with Crippen LogP contribution < -0.4 is 4.74 Å². The first-order valence-electron chi connectivity index (χ1n) is 10.5. The lowest BCUT2D eigenvalue weighted by atomic mass is 9.93. The van der Waals surface area contributed by atoms with Gasteiger partial charge < -0.3 is 24.6 Å². The highest BCUT2D eigenvalue weighted by molar-refractivity contribution is 6.46. The van der Waals surface area contributed by atoms with Crippen molar-refractivity contribution in [3.63, 3.8) is 0 Å². The summed E-state index contributed by atoms with van der Waals surface area (Å²) < 4.78 is 10.9. The van der Waals surface area contributed by atoms with E-state index in [2.05, 4.69) is 0 Å². The Balaban J connectivity index is 2.16. The van der Waals surface area contributed by atoms with Crippen LogP contribution in [-0.4, -0.2) is 53.2 Å². The summed E-state index contributed by atoms with van der Waals surface area (Å²) in [5, 5.41) is 21.3. The molecule has 1 saturated heterocycles. The third-order valence-electron chi connectivity index (χ3n) is 5.51. The predicted molar refractivity (Wildman–Crippen MR) is 121 cm³/mol. The summed E-state index contributed by atoms with van der Waals surface area (Å²) in [6.07, 6.45) is -0.0315. The number of hydrogen-bond acceptors (Lipinski definition) is 6. The quantitative estimate of drug-likeness (QED) is 0.386. The van der Waals surface area contributed by atoms with Crippen molar-refractivity contribution in [2.24, 2.45) is 0 Å². The Kier molecular flexibility index (Phi) is 6.89. The predicted octanol–water partition coefficient (Wildman–Crippen LogP) is 3.86. The number of likely N-dealkylation sites (tertiary alicyclic amines) is 1. The van der Waals surface area contributed by atoms with Crippen LogP contribution in [0.25, 0.3) is 5.76 Å². The molecule has 170 valence electrons. The summed E-state index contributed by atoms with van der Waals surface area (Å²) in [5.74, 6) is -1.08. The number of carbonyl (C=O) groups is 2. The third kappa shape index (κ3) is 4.48. The molecule has 0 aromatic heterocycles. The second kappa shape index (κ2) is 9.44. The summed E-state index contributed by atoms with van der Waals surface area (Å²) in [6, 6.07) is 9.02. The van der Waals surface area contributed by atoms with Gasteiger partial charge in [0.05, 0.1) is 31.4 Å². The van der Waals surface area contributed by atoms with Crippen molar-refractivity contribution in [2.45, 2.75) is 39.8 Å². The summed E-state index contributed by atoms with van der Waals surface area (Å²) in [7, 11) is 1.56. The largest absolute Gasteiger partial charge is 0.508 e. The minimum absolute atomic E-state index is 0.00277. The number of aliphatic hydroxyl groups excluding tert-OH is 1. The Morgan fingerprint density at radius 2 is 1.84 bits per heavy atom. The van der Waals surface area contributed by atoms with Crippen LogP contribution in [0.2, 0.25) is 0 Å². The van der Waals surface area contributed by atoms with Crippen molar-refractivity contribution in [1.82, 2.24) is 4.90 Å². The molecule has 2 N–H and O–H groups in total. The van der Waals surface area contributed by atoms with Crippen molar-refractivity contribution in [3.8, 4) is 11.5 Å². The lowest BCUT2D eigenvalue weighted by Gasteiger charge is -2.26. The van der Waals surface area contributed by atoms with Gasteiger partial charge in [-0.2, -0.15) is 0 Å². The topological polar surface area (TPSA) is 96.3 Å². The molecule has 1 amide bonds. The molecule has 0 radical (unpaired) electrons. The Labute approximate surface area is 187 Å². The van der Waals surface area contributed by atoms with Crippen LogP contribution in [0.4, 0.5) is 0 Å². The molecule has 3 rings (SSSR count). The van der Waals surface area contributed by atoms with Crippen LogP contribution in [0.3, 0.4) is 0 Å². The molecule has 0 saturated carbocycles. The Bertz CT molecular complexity index is 1070. The van der Waals surface area contributed by atoms with E-state index in [0.717, 1.165) is 5.56 Å². The maximum Gasteiger partial charge on any atom is 0.295 e. The van der Waals surface area contributed by atoms with Crippen molar-refractivity contribution in [1.29, 1.82) is 0 Å². The zero-order valence-electron chi connectivity index (χ0n) is 19.0. The van der Waals surface area contributed by atoms with Gasteiger partial charge in [-0.1, -0.05) is 12.1 Å². The standard InChI is InChI=1S/C25H29NO6/c1-14(2)32-10-9-26-22(17-7-6-8-18(27)13-17)21(24(29)25(26)30)23(28)19-11-16(4)20(31-5)12-15(19)3/h6-8,11-14,22,27-28H,9-10H2,1-5H3/b23-21+. The van der Waals surface area contributed by atoms with Crippen LogP contribution in [0.5, 0.6) is 11.5 Å². The minimum Gasteiger partial charge on any atom is -0.508 e. The minimum atomic E-state index is -0.848. The SMILES string of the molecule is COc1cc(C)c(/C(O)=C2\C(=O)C(=O)N(CCOC(C)C)C2c2cccc(O)c2)cc1C. The fourth-order valence-electron chi connectivity index (χ4n) is 3.95. The molecule has 1 fully saturated rings. The lowest BCUT2D eigenvalue weighted by molar-refractivity contribution is -0.140. The van der Waals surface area contributed by atoms with E-state index >= 15 is 0 Å². The van der Waals surface area contributed by atoms with Gasteiger partial charge in [0.15, 0.2) is 0 Å². The van der Waals surface area contributed by atoms with E-state index in [9.17, 15) is 19.8 Å². The summed E-state index contributed by atoms with van der Waals surface area (Å²) in [4.78, 5) is 27.4. The number of aryl methyl sites for hydroxylation is 2. The fraction of sp³-hybridized carbons (Fsp3) is 0.360. The first-order valence-corrected chi connectivity index (χ1v) is 10.5. The van der Waals surface area contributed by atoms with E-state index < -0.39 is 17.7 Å². The van der Waals surface area contributed by atoms with E-state index in [1.165, 1.54) is 17.0 Å². The lowest BCUT2D eigenvalue weighted by Crippen LogP contribution is -2.33. The number of phenolic OH excluding ortho intramolecular Hbond substituents is 1. The van der Waals surface area contributed by atoms with Gasteiger partial charge in [0.2, 0.25) is 0 Å². The molecule has 32 heavy (non-hydrogen) atoms. The first kappa shape index (κ1) is 23.3. The van der Waals surface area contributed by atoms with Crippen LogP contribution in [0.15, 0.2) is 42.0 Å². The van der Waals surface area contributed by atoms with E-state index in [0.29, 0.717) is 22.4 Å². The Morgan fingerprint density at radius 3 is 2.47 bits per heavy atom. The number of methoxy groups -OCH3 is 1. The highest BCUT2D eigenvalue weighted by atomic mass is 16.5. The number of phenols is 1. The van der Waals surface area contributed by atoms with Gasteiger partial charge in [0, 0.05) is 12.1 Å². The Morgan fingerprint density at radius 1 is 1.12 bits per heavy atom. The van der Waals surface area contributed by atoms with E-state index in [1.807, 2.05) is 20.8 Å². The molecule has 7 heteroatoms. The molecule has 2 aromatic carbocycles. The second-order valence-corrected chi connectivity index (χ2v) is 8.14. The number of amides is 1. The number of rotatable bonds is 7.